The summed E-state index contributed by atoms with van der Waals surface area (Å²) in [6.45, 7) is 1.63. The minimum atomic E-state index is -0.536. The van der Waals surface area contributed by atoms with E-state index in [0.29, 0.717) is 0 Å². The molecule has 1 amide bonds. The van der Waals surface area contributed by atoms with E-state index >= 15 is 0 Å². The van der Waals surface area contributed by atoms with Gasteiger partial charge in [-0.3, -0.25) is 4.79 Å². The molecule has 2 aromatic heterocycles. The number of anilines is 1. The van der Waals surface area contributed by atoms with Gasteiger partial charge in [0.2, 0.25) is 5.91 Å². The molecule has 0 saturated heterocycles. The molecule has 1 unspecified atom stereocenters. The molecular formula is C10H10ClN3O. The van der Waals surface area contributed by atoms with Crippen LogP contribution in [0, 0.1) is 0 Å². The number of nitrogens with one attached hydrogen (secondary N) is 1. The Labute approximate surface area is 91.8 Å². The molecule has 1 atom stereocenters. The summed E-state index contributed by atoms with van der Waals surface area (Å²) >= 11 is 5.65. The van der Waals surface area contributed by atoms with Gasteiger partial charge < -0.3 is 5.32 Å². The first-order valence-electron chi connectivity index (χ1n) is 4.55. The maximum atomic E-state index is 11.3. The minimum absolute atomic E-state index is 0.208. The van der Waals surface area contributed by atoms with E-state index in [-0.39, 0.29) is 5.91 Å². The fourth-order valence-corrected chi connectivity index (χ4v) is 1.30. The highest BCUT2D eigenvalue weighted by atomic mass is 35.5. The number of pyridine rings is 1. The van der Waals surface area contributed by atoms with E-state index < -0.39 is 5.38 Å². The topological polar surface area (TPSA) is 46.4 Å². The number of hydrogen-bond acceptors (Lipinski definition) is 2. The molecule has 15 heavy (non-hydrogen) atoms. The van der Waals surface area contributed by atoms with Crippen molar-refractivity contribution in [2.24, 2.45) is 0 Å². The third kappa shape index (κ3) is 2.10. The molecule has 4 nitrogen and oxygen atoms in total. The van der Waals surface area contributed by atoms with Crippen LogP contribution in [-0.4, -0.2) is 20.9 Å². The fourth-order valence-electron chi connectivity index (χ4n) is 1.24. The Bertz CT molecular complexity index is 492. The van der Waals surface area contributed by atoms with Gasteiger partial charge in [0.1, 0.15) is 5.38 Å². The second kappa shape index (κ2) is 3.90. The number of fused-ring (bicyclic) bond motifs is 1. The van der Waals surface area contributed by atoms with E-state index in [0.717, 1.165) is 11.2 Å². The van der Waals surface area contributed by atoms with Crippen LogP contribution in [0.1, 0.15) is 6.92 Å². The molecule has 2 aromatic rings. The van der Waals surface area contributed by atoms with Crippen LogP contribution in [0.4, 0.5) is 5.69 Å². The average Bonchev–Trinajstić information content (AvgIpc) is 2.64. The maximum absolute atomic E-state index is 11.3. The number of carbonyl (C=O) groups excluding carboxylic acids is 1. The third-order valence-corrected chi connectivity index (χ3v) is 2.23. The van der Waals surface area contributed by atoms with Crippen LogP contribution in [0.15, 0.2) is 30.6 Å². The standard InChI is InChI=1S/C10H10ClN3O/c1-7(11)10(15)13-8-3-5-14-9(6-8)2-4-12-14/h2-7H,1H3,(H,13,15). The summed E-state index contributed by atoms with van der Waals surface area (Å²) in [5.41, 5.74) is 1.65. The summed E-state index contributed by atoms with van der Waals surface area (Å²) in [6, 6.07) is 5.47. The van der Waals surface area contributed by atoms with E-state index in [2.05, 4.69) is 10.4 Å². The number of carbonyl (C=O) groups is 1. The molecule has 0 bridgehead atoms. The second-order valence-electron chi connectivity index (χ2n) is 3.22. The Morgan fingerprint density at radius 2 is 2.40 bits per heavy atom. The van der Waals surface area contributed by atoms with Gasteiger partial charge in [-0.25, -0.2) is 4.52 Å². The zero-order chi connectivity index (χ0) is 10.8. The quantitative estimate of drug-likeness (QED) is 0.791. The molecule has 0 spiro atoms. The summed E-state index contributed by atoms with van der Waals surface area (Å²) in [5.74, 6) is -0.208. The molecule has 0 saturated carbocycles. The molecule has 0 aromatic carbocycles. The largest absolute Gasteiger partial charge is 0.325 e. The molecule has 78 valence electrons. The monoisotopic (exact) mass is 223 g/mol. The Morgan fingerprint density at radius 1 is 1.60 bits per heavy atom. The van der Waals surface area contributed by atoms with Crippen molar-refractivity contribution >= 4 is 28.7 Å². The highest BCUT2D eigenvalue weighted by molar-refractivity contribution is 6.32. The predicted molar refractivity (Wildman–Crippen MR) is 59.1 cm³/mol. The zero-order valence-corrected chi connectivity index (χ0v) is 8.90. The summed E-state index contributed by atoms with van der Waals surface area (Å²) in [6.07, 6.45) is 3.48. The number of halogens is 1. The van der Waals surface area contributed by atoms with Gasteiger partial charge in [0.15, 0.2) is 0 Å². The smallest absolute Gasteiger partial charge is 0.242 e. The SMILES string of the molecule is CC(Cl)C(=O)Nc1ccn2nccc2c1. The number of alkyl halides is 1. The first-order valence-corrected chi connectivity index (χ1v) is 4.99. The third-order valence-electron chi connectivity index (χ3n) is 2.03. The summed E-state index contributed by atoms with van der Waals surface area (Å²) in [7, 11) is 0. The van der Waals surface area contributed by atoms with Crippen molar-refractivity contribution in [2.75, 3.05) is 5.32 Å². The lowest BCUT2D eigenvalue weighted by Gasteiger charge is -2.06. The first kappa shape index (κ1) is 9.98. The number of hydrogen-bond donors (Lipinski definition) is 1. The van der Waals surface area contributed by atoms with Gasteiger partial charge in [0, 0.05) is 18.1 Å². The number of amides is 1. The molecule has 0 fully saturated rings. The number of nitrogens with zero attached hydrogens (tertiary/aromatic N) is 2. The number of rotatable bonds is 2. The summed E-state index contributed by atoms with van der Waals surface area (Å²) in [5, 5.41) is 6.23. The predicted octanol–water partition coefficient (Wildman–Crippen LogP) is 1.90. The Hall–Kier alpha value is -1.55. The van der Waals surface area contributed by atoms with Gasteiger partial charge in [-0.05, 0) is 25.1 Å². The van der Waals surface area contributed by atoms with Crippen molar-refractivity contribution in [1.82, 2.24) is 9.61 Å². The van der Waals surface area contributed by atoms with E-state index in [1.54, 1.807) is 29.9 Å². The van der Waals surface area contributed by atoms with Crippen LogP contribution >= 0.6 is 11.6 Å². The molecule has 0 aliphatic carbocycles. The van der Waals surface area contributed by atoms with Crippen molar-refractivity contribution < 1.29 is 4.79 Å². The lowest BCUT2D eigenvalue weighted by atomic mass is 10.3. The molecule has 2 rings (SSSR count). The van der Waals surface area contributed by atoms with Crippen molar-refractivity contribution in [2.45, 2.75) is 12.3 Å². The molecular weight excluding hydrogens is 214 g/mol. The lowest BCUT2D eigenvalue weighted by Crippen LogP contribution is -2.20. The Balaban J connectivity index is 2.25. The Morgan fingerprint density at radius 3 is 3.13 bits per heavy atom. The van der Waals surface area contributed by atoms with Gasteiger partial charge in [-0.2, -0.15) is 5.10 Å². The molecule has 0 radical (unpaired) electrons. The van der Waals surface area contributed by atoms with Crippen LogP contribution in [0.5, 0.6) is 0 Å². The molecule has 0 aliphatic rings. The van der Waals surface area contributed by atoms with E-state index in [1.165, 1.54) is 0 Å². The van der Waals surface area contributed by atoms with E-state index in [9.17, 15) is 4.79 Å². The van der Waals surface area contributed by atoms with Crippen LogP contribution in [0.25, 0.3) is 5.52 Å². The molecule has 2 heterocycles. The van der Waals surface area contributed by atoms with E-state index in [4.69, 9.17) is 11.6 Å². The zero-order valence-electron chi connectivity index (χ0n) is 8.14. The molecule has 0 aliphatic heterocycles. The van der Waals surface area contributed by atoms with Crippen molar-refractivity contribution in [3.05, 3.63) is 30.6 Å². The second-order valence-corrected chi connectivity index (χ2v) is 3.88. The van der Waals surface area contributed by atoms with Crippen LogP contribution in [0.2, 0.25) is 0 Å². The minimum Gasteiger partial charge on any atom is -0.325 e. The first-order chi connectivity index (χ1) is 7.16. The van der Waals surface area contributed by atoms with Crippen molar-refractivity contribution in [3.8, 4) is 0 Å². The Kier molecular flexibility index (Phi) is 2.60. The van der Waals surface area contributed by atoms with Crippen LogP contribution in [0.3, 0.4) is 0 Å². The number of aromatic nitrogens is 2. The van der Waals surface area contributed by atoms with Crippen molar-refractivity contribution in [1.29, 1.82) is 0 Å². The summed E-state index contributed by atoms with van der Waals surface area (Å²) < 4.78 is 1.72. The van der Waals surface area contributed by atoms with Gasteiger partial charge >= 0.3 is 0 Å². The van der Waals surface area contributed by atoms with Gasteiger partial charge in [-0.1, -0.05) is 0 Å². The normalized spacial score (nSPS) is 12.7. The van der Waals surface area contributed by atoms with Crippen LogP contribution in [-0.2, 0) is 4.79 Å². The maximum Gasteiger partial charge on any atom is 0.242 e. The fraction of sp³-hybridized carbons (Fsp3) is 0.200. The average molecular weight is 224 g/mol. The van der Waals surface area contributed by atoms with Gasteiger partial charge in [0.25, 0.3) is 0 Å². The lowest BCUT2D eigenvalue weighted by molar-refractivity contribution is -0.115. The van der Waals surface area contributed by atoms with Gasteiger partial charge in [0.05, 0.1) is 5.52 Å². The molecule has 1 N–H and O–H groups in total. The highest BCUT2D eigenvalue weighted by Crippen LogP contribution is 2.12. The molecule has 5 heteroatoms. The van der Waals surface area contributed by atoms with Crippen molar-refractivity contribution in [3.63, 3.8) is 0 Å². The highest BCUT2D eigenvalue weighted by Gasteiger charge is 2.09. The summed E-state index contributed by atoms with van der Waals surface area (Å²) in [4.78, 5) is 11.3. The van der Waals surface area contributed by atoms with E-state index in [1.807, 2.05) is 12.1 Å². The van der Waals surface area contributed by atoms with Gasteiger partial charge in [-0.15, -0.1) is 11.6 Å². The van der Waals surface area contributed by atoms with Crippen LogP contribution < -0.4 is 5.32 Å².